The molecule has 0 spiro atoms. The van der Waals surface area contributed by atoms with Crippen molar-refractivity contribution < 1.29 is 14.3 Å². The molecule has 2 rings (SSSR count). The molecule has 1 aromatic carbocycles. The second-order valence-corrected chi connectivity index (χ2v) is 7.11. The lowest BCUT2D eigenvalue weighted by Crippen LogP contribution is -2.13. The monoisotopic (exact) mass is 340 g/mol. The number of terminal acetylenes is 1. The number of hydrogen-bond acceptors (Lipinski definition) is 3. The lowest BCUT2D eigenvalue weighted by atomic mass is 9.98. The van der Waals surface area contributed by atoms with Gasteiger partial charge >= 0.3 is 5.97 Å². The summed E-state index contributed by atoms with van der Waals surface area (Å²) in [4.78, 5) is 12.3. The van der Waals surface area contributed by atoms with Crippen LogP contribution >= 0.6 is 0 Å². The molecule has 134 valence electrons. The van der Waals surface area contributed by atoms with Crippen LogP contribution in [0.15, 0.2) is 29.8 Å². The van der Waals surface area contributed by atoms with Gasteiger partial charge in [-0.3, -0.25) is 4.79 Å². The van der Waals surface area contributed by atoms with E-state index in [4.69, 9.17) is 15.9 Å². The average Bonchev–Trinajstić information content (AvgIpc) is 3.10. The summed E-state index contributed by atoms with van der Waals surface area (Å²) >= 11 is 0. The second kappa shape index (κ2) is 7.78. The van der Waals surface area contributed by atoms with E-state index in [1.165, 1.54) is 0 Å². The average molecular weight is 340 g/mol. The largest absolute Gasteiger partial charge is 0.494 e. The zero-order valence-electron chi connectivity index (χ0n) is 15.9. The van der Waals surface area contributed by atoms with Crippen LogP contribution in [0.3, 0.4) is 0 Å². The highest BCUT2D eigenvalue weighted by Crippen LogP contribution is 2.58. The Morgan fingerprint density at radius 1 is 1.24 bits per heavy atom. The van der Waals surface area contributed by atoms with Gasteiger partial charge in [-0.25, -0.2) is 0 Å². The molecule has 0 amide bonds. The minimum atomic E-state index is -0.146. The number of ether oxygens (including phenoxy) is 2. The lowest BCUT2D eigenvalue weighted by Gasteiger charge is -2.12. The molecule has 3 nitrogen and oxygen atoms in total. The fourth-order valence-corrected chi connectivity index (χ4v) is 3.36. The van der Waals surface area contributed by atoms with Crippen molar-refractivity contribution in [2.24, 2.45) is 17.3 Å². The number of carbonyl (C=O) groups is 1. The van der Waals surface area contributed by atoms with Gasteiger partial charge in [0.15, 0.2) is 0 Å². The summed E-state index contributed by atoms with van der Waals surface area (Å²) in [5, 5.41) is 0. The van der Waals surface area contributed by atoms with E-state index in [2.05, 4.69) is 33.6 Å². The number of benzene rings is 1. The smallest absolute Gasteiger partial charge is 0.310 e. The van der Waals surface area contributed by atoms with Crippen molar-refractivity contribution >= 4 is 11.5 Å². The van der Waals surface area contributed by atoms with Crippen molar-refractivity contribution in [1.29, 1.82) is 0 Å². The van der Waals surface area contributed by atoms with Gasteiger partial charge < -0.3 is 9.47 Å². The molecule has 0 aromatic heterocycles. The first-order chi connectivity index (χ1) is 11.9. The number of esters is 1. The van der Waals surface area contributed by atoms with E-state index >= 15 is 0 Å². The third-order valence-electron chi connectivity index (χ3n) is 5.38. The summed E-state index contributed by atoms with van der Waals surface area (Å²) in [7, 11) is 0. The molecule has 0 bridgehead atoms. The van der Waals surface area contributed by atoms with E-state index in [1.807, 2.05) is 31.2 Å². The summed E-state index contributed by atoms with van der Waals surface area (Å²) in [5.41, 5.74) is 2.82. The summed E-state index contributed by atoms with van der Waals surface area (Å²) in [6.07, 6.45) is 6.47. The molecule has 1 aliphatic rings. The van der Waals surface area contributed by atoms with Crippen molar-refractivity contribution in [3.63, 3.8) is 0 Å². The standard InChI is InChI=1S/C22H28O3/c1-7-16(14-25-21(23)20-15(4)22(20,5)6)19(8-2)17-10-12-18(13-11-17)24-9-3/h1,10-13,15,20H,8-9,14H2,2-6H3. The molecule has 3 heteroatoms. The van der Waals surface area contributed by atoms with Gasteiger partial charge in [0.1, 0.15) is 12.4 Å². The van der Waals surface area contributed by atoms with Crippen LogP contribution in [-0.2, 0) is 9.53 Å². The fraction of sp³-hybridized carbons (Fsp3) is 0.500. The molecule has 0 heterocycles. The summed E-state index contributed by atoms with van der Waals surface area (Å²) in [6.45, 7) is 11.1. The molecular formula is C22H28O3. The van der Waals surface area contributed by atoms with Gasteiger partial charge in [0.2, 0.25) is 0 Å². The molecular weight excluding hydrogens is 312 g/mol. The molecule has 1 fully saturated rings. The predicted molar refractivity (Wildman–Crippen MR) is 101 cm³/mol. The van der Waals surface area contributed by atoms with Crippen LogP contribution in [0.1, 0.15) is 46.6 Å². The van der Waals surface area contributed by atoms with Crippen LogP contribution in [0.5, 0.6) is 5.75 Å². The summed E-state index contributed by atoms with van der Waals surface area (Å²) in [6, 6.07) is 7.86. The number of carbonyl (C=O) groups excluding carboxylic acids is 1. The van der Waals surface area contributed by atoms with Crippen LogP contribution in [0.2, 0.25) is 0 Å². The van der Waals surface area contributed by atoms with E-state index in [0.29, 0.717) is 12.5 Å². The Balaban J connectivity index is 2.12. The van der Waals surface area contributed by atoms with E-state index in [1.54, 1.807) is 0 Å². The van der Waals surface area contributed by atoms with E-state index in [-0.39, 0.29) is 23.9 Å². The highest BCUT2D eigenvalue weighted by atomic mass is 16.5. The second-order valence-electron chi connectivity index (χ2n) is 7.11. The summed E-state index contributed by atoms with van der Waals surface area (Å²) in [5.74, 6) is 3.73. The zero-order valence-corrected chi connectivity index (χ0v) is 15.9. The number of allylic oxidation sites excluding steroid dienone is 1. The van der Waals surface area contributed by atoms with Crippen molar-refractivity contribution in [2.75, 3.05) is 13.2 Å². The van der Waals surface area contributed by atoms with Crippen LogP contribution < -0.4 is 4.74 Å². The van der Waals surface area contributed by atoms with Crippen LogP contribution in [-0.4, -0.2) is 19.2 Å². The third kappa shape index (κ3) is 4.07. The minimum Gasteiger partial charge on any atom is -0.494 e. The van der Waals surface area contributed by atoms with Crippen LogP contribution in [0, 0.1) is 29.6 Å². The Kier molecular flexibility index (Phi) is 5.95. The Morgan fingerprint density at radius 3 is 2.28 bits per heavy atom. The van der Waals surface area contributed by atoms with Crippen LogP contribution in [0.4, 0.5) is 0 Å². The molecule has 2 unspecified atom stereocenters. The maximum atomic E-state index is 12.3. The van der Waals surface area contributed by atoms with Crippen molar-refractivity contribution in [3.8, 4) is 18.1 Å². The van der Waals surface area contributed by atoms with E-state index in [9.17, 15) is 4.79 Å². The van der Waals surface area contributed by atoms with Gasteiger partial charge in [-0.2, -0.15) is 0 Å². The number of hydrogen-bond donors (Lipinski definition) is 0. The highest BCUT2D eigenvalue weighted by molar-refractivity contribution is 5.78. The first-order valence-corrected chi connectivity index (χ1v) is 8.95. The first-order valence-electron chi connectivity index (χ1n) is 8.95. The molecule has 1 aromatic rings. The van der Waals surface area contributed by atoms with Crippen LogP contribution in [0.25, 0.3) is 5.57 Å². The van der Waals surface area contributed by atoms with Gasteiger partial charge in [0.25, 0.3) is 0 Å². The van der Waals surface area contributed by atoms with E-state index in [0.717, 1.165) is 28.9 Å². The van der Waals surface area contributed by atoms with Crippen molar-refractivity contribution in [1.82, 2.24) is 0 Å². The lowest BCUT2D eigenvalue weighted by molar-refractivity contribution is -0.145. The fourth-order valence-electron chi connectivity index (χ4n) is 3.36. The normalized spacial score (nSPS) is 21.8. The Morgan fingerprint density at radius 2 is 1.84 bits per heavy atom. The Labute approximate surface area is 151 Å². The van der Waals surface area contributed by atoms with Crippen molar-refractivity contribution in [2.45, 2.75) is 41.0 Å². The Bertz CT molecular complexity index is 689. The summed E-state index contributed by atoms with van der Waals surface area (Å²) < 4.78 is 11.0. The Hall–Kier alpha value is -2.21. The van der Waals surface area contributed by atoms with Gasteiger partial charge in [-0.05, 0) is 47.9 Å². The maximum absolute atomic E-state index is 12.3. The van der Waals surface area contributed by atoms with Crippen molar-refractivity contribution in [3.05, 3.63) is 35.4 Å². The first kappa shape index (κ1) is 19.1. The van der Waals surface area contributed by atoms with Gasteiger partial charge in [-0.1, -0.05) is 45.7 Å². The molecule has 0 radical (unpaired) electrons. The molecule has 2 atom stereocenters. The minimum absolute atomic E-state index is 0.0259. The predicted octanol–water partition coefficient (Wildman–Crippen LogP) is 4.72. The van der Waals surface area contributed by atoms with Gasteiger partial charge in [0, 0.05) is 5.57 Å². The molecule has 1 aliphatic carbocycles. The maximum Gasteiger partial charge on any atom is 0.310 e. The topological polar surface area (TPSA) is 35.5 Å². The molecule has 0 N–H and O–H groups in total. The highest BCUT2D eigenvalue weighted by Gasteiger charge is 2.59. The SMILES string of the molecule is C#CC(COC(=O)C1C(C)C1(C)C)=C(CC)c1ccc(OCC)cc1. The zero-order chi connectivity index (χ0) is 18.6. The van der Waals surface area contributed by atoms with E-state index < -0.39 is 0 Å². The quantitative estimate of drug-likeness (QED) is 0.532. The molecule has 1 saturated carbocycles. The molecule has 25 heavy (non-hydrogen) atoms. The van der Waals surface area contributed by atoms with Gasteiger partial charge in [-0.15, -0.1) is 6.42 Å². The van der Waals surface area contributed by atoms with Gasteiger partial charge in [0.05, 0.1) is 12.5 Å². The molecule has 0 aliphatic heterocycles. The number of rotatable bonds is 7. The molecule has 0 saturated heterocycles. The third-order valence-corrected chi connectivity index (χ3v) is 5.38.